The number of sulfone groups is 1. The van der Waals surface area contributed by atoms with Crippen molar-refractivity contribution in [2.24, 2.45) is 10.7 Å². The Kier molecular flexibility index (Phi) is 5.41. The van der Waals surface area contributed by atoms with E-state index in [1.165, 1.54) is 12.5 Å². The summed E-state index contributed by atoms with van der Waals surface area (Å²) in [5, 5.41) is 0.872. The molecule has 0 radical (unpaired) electrons. The van der Waals surface area contributed by atoms with Gasteiger partial charge in [-0.1, -0.05) is 12.6 Å². The molecule has 0 aliphatic carbocycles. The van der Waals surface area contributed by atoms with Gasteiger partial charge in [-0.3, -0.25) is 0 Å². The summed E-state index contributed by atoms with van der Waals surface area (Å²) in [6.45, 7) is 7.16. The van der Waals surface area contributed by atoms with Crippen molar-refractivity contribution in [3.63, 3.8) is 0 Å². The highest BCUT2D eigenvalue weighted by Gasteiger charge is 2.27. The van der Waals surface area contributed by atoms with Crippen LogP contribution in [0.3, 0.4) is 0 Å². The monoisotopic (exact) mass is 386 g/mol. The molecule has 0 spiro atoms. The SMILES string of the molecule is C=C(C)/N=C(\C=C/N)n1ccc2c(N3CCC(S(C)(=O)=O)CC3)cccc21. The van der Waals surface area contributed by atoms with Crippen molar-refractivity contribution in [3.05, 3.63) is 55.0 Å². The van der Waals surface area contributed by atoms with Crippen molar-refractivity contribution in [1.29, 1.82) is 0 Å². The Morgan fingerprint density at radius 1 is 1.30 bits per heavy atom. The molecule has 0 unspecified atom stereocenters. The Morgan fingerprint density at radius 3 is 2.59 bits per heavy atom. The highest BCUT2D eigenvalue weighted by molar-refractivity contribution is 7.91. The minimum absolute atomic E-state index is 0.235. The lowest BCUT2D eigenvalue weighted by atomic mass is 10.1. The maximum Gasteiger partial charge on any atom is 0.150 e. The van der Waals surface area contributed by atoms with Gasteiger partial charge in [-0.2, -0.15) is 0 Å². The second-order valence-electron chi connectivity index (χ2n) is 6.98. The smallest absolute Gasteiger partial charge is 0.150 e. The van der Waals surface area contributed by atoms with E-state index in [2.05, 4.69) is 28.6 Å². The molecule has 1 aliphatic heterocycles. The number of aromatic nitrogens is 1. The highest BCUT2D eigenvalue weighted by atomic mass is 32.2. The lowest BCUT2D eigenvalue weighted by Crippen LogP contribution is -2.39. The van der Waals surface area contributed by atoms with E-state index in [4.69, 9.17) is 5.73 Å². The van der Waals surface area contributed by atoms with Crippen LogP contribution in [-0.4, -0.2) is 43.4 Å². The third kappa shape index (κ3) is 4.08. The maximum absolute atomic E-state index is 11.8. The minimum Gasteiger partial charge on any atom is -0.404 e. The highest BCUT2D eigenvalue weighted by Crippen LogP contribution is 2.31. The molecule has 1 aromatic carbocycles. The van der Waals surface area contributed by atoms with Crippen molar-refractivity contribution in [2.75, 3.05) is 24.2 Å². The van der Waals surface area contributed by atoms with Crippen LogP contribution >= 0.6 is 0 Å². The van der Waals surface area contributed by atoms with Gasteiger partial charge in [0.2, 0.25) is 0 Å². The fourth-order valence-electron chi connectivity index (χ4n) is 3.60. The largest absolute Gasteiger partial charge is 0.404 e. The normalized spacial score (nSPS) is 17.1. The van der Waals surface area contributed by atoms with Gasteiger partial charge in [-0.25, -0.2) is 13.4 Å². The number of hydrogen-bond donors (Lipinski definition) is 1. The summed E-state index contributed by atoms with van der Waals surface area (Å²) in [6.07, 6.45) is 7.84. The zero-order valence-corrected chi connectivity index (χ0v) is 16.6. The van der Waals surface area contributed by atoms with Gasteiger partial charge in [0.1, 0.15) is 15.7 Å². The number of fused-ring (bicyclic) bond motifs is 1. The first-order valence-corrected chi connectivity index (χ1v) is 10.9. The van der Waals surface area contributed by atoms with Crippen molar-refractivity contribution < 1.29 is 8.42 Å². The first-order valence-electron chi connectivity index (χ1n) is 8.98. The molecular formula is C20H26N4O2S. The van der Waals surface area contributed by atoms with Crippen LogP contribution in [0.2, 0.25) is 0 Å². The van der Waals surface area contributed by atoms with E-state index in [0.717, 1.165) is 29.7 Å². The minimum atomic E-state index is -2.97. The molecule has 1 aliphatic rings. The molecule has 3 rings (SSSR count). The first kappa shape index (κ1) is 19.2. The van der Waals surface area contributed by atoms with Gasteiger partial charge in [0.25, 0.3) is 0 Å². The maximum atomic E-state index is 11.8. The van der Waals surface area contributed by atoms with Crippen LogP contribution in [-0.2, 0) is 9.84 Å². The van der Waals surface area contributed by atoms with Gasteiger partial charge < -0.3 is 15.2 Å². The number of anilines is 1. The lowest BCUT2D eigenvalue weighted by Gasteiger charge is -2.33. The number of hydrogen-bond acceptors (Lipinski definition) is 5. The molecule has 6 nitrogen and oxygen atoms in total. The molecule has 0 atom stereocenters. The van der Waals surface area contributed by atoms with Gasteiger partial charge in [0.05, 0.1) is 10.8 Å². The number of aliphatic imine (C=N–C) groups is 1. The second-order valence-corrected chi connectivity index (χ2v) is 9.30. The molecule has 0 bridgehead atoms. The zero-order chi connectivity index (χ0) is 19.6. The molecule has 27 heavy (non-hydrogen) atoms. The first-order chi connectivity index (χ1) is 12.8. The Bertz CT molecular complexity index is 1010. The fourth-order valence-corrected chi connectivity index (χ4v) is 4.67. The Labute approximate surface area is 160 Å². The molecule has 1 saturated heterocycles. The molecule has 7 heteroatoms. The number of piperidine rings is 1. The quantitative estimate of drug-likeness (QED) is 0.647. The summed E-state index contributed by atoms with van der Waals surface area (Å²) in [4.78, 5) is 6.74. The van der Waals surface area contributed by atoms with Crippen molar-refractivity contribution in [2.45, 2.75) is 25.0 Å². The number of allylic oxidation sites excluding steroid dienone is 2. The summed E-state index contributed by atoms with van der Waals surface area (Å²) < 4.78 is 25.6. The average Bonchev–Trinajstić information content (AvgIpc) is 3.04. The van der Waals surface area contributed by atoms with Gasteiger partial charge in [0.15, 0.2) is 0 Å². The Balaban J connectivity index is 1.96. The van der Waals surface area contributed by atoms with E-state index in [9.17, 15) is 8.42 Å². The molecule has 1 aromatic heterocycles. The van der Waals surface area contributed by atoms with Crippen LogP contribution in [0.1, 0.15) is 19.8 Å². The zero-order valence-electron chi connectivity index (χ0n) is 15.8. The predicted octanol–water partition coefficient (Wildman–Crippen LogP) is 2.91. The van der Waals surface area contributed by atoms with Crippen LogP contribution < -0.4 is 10.6 Å². The third-order valence-corrected chi connectivity index (χ3v) is 6.58. The Hall–Kier alpha value is -2.54. The molecule has 1 fully saturated rings. The molecule has 2 N–H and O–H groups in total. The molecule has 0 saturated carbocycles. The van der Waals surface area contributed by atoms with Crippen molar-refractivity contribution >= 4 is 32.3 Å². The molecule has 144 valence electrons. The van der Waals surface area contributed by atoms with E-state index in [1.807, 2.05) is 29.8 Å². The van der Waals surface area contributed by atoms with Crippen LogP contribution in [0.5, 0.6) is 0 Å². The van der Waals surface area contributed by atoms with Crippen LogP contribution in [0.15, 0.2) is 60.0 Å². The summed E-state index contributed by atoms with van der Waals surface area (Å²) in [5.41, 5.74) is 8.43. The standard InChI is InChI=1S/C20H26N4O2S/c1-15(2)22-20(7-11-21)24-14-10-17-18(5-4-6-19(17)24)23-12-8-16(9-13-23)27(3,25)26/h4-7,10-11,14,16H,1,8-9,12-13,21H2,2-3H3/b11-7-,22-20+. The number of nitrogens with zero attached hydrogens (tertiary/aromatic N) is 3. The predicted molar refractivity (Wildman–Crippen MR) is 113 cm³/mol. The lowest BCUT2D eigenvalue weighted by molar-refractivity contribution is 0.535. The average molecular weight is 387 g/mol. The van der Waals surface area contributed by atoms with Crippen LogP contribution in [0.25, 0.3) is 10.9 Å². The van der Waals surface area contributed by atoms with E-state index in [1.54, 1.807) is 6.08 Å². The van der Waals surface area contributed by atoms with E-state index in [-0.39, 0.29) is 5.25 Å². The topological polar surface area (TPSA) is 80.7 Å². The summed E-state index contributed by atoms with van der Waals surface area (Å²) in [6, 6.07) is 8.20. The van der Waals surface area contributed by atoms with Gasteiger partial charge in [0, 0.05) is 42.3 Å². The number of benzene rings is 1. The summed E-state index contributed by atoms with van der Waals surface area (Å²) >= 11 is 0. The van der Waals surface area contributed by atoms with Gasteiger partial charge in [-0.15, -0.1) is 0 Å². The van der Waals surface area contributed by atoms with Crippen molar-refractivity contribution in [3.8, 4) is 0 Å². The molecule has 2 heterocycles. The van der Waals surface area contributed by atoms with Crippen LogP contribution in [0.4, 0.5) is 5.69 Å². The third-order valence-electron chi connectivity index (χ3n) is 4.90. The van der Waals surface area contributed by atoms with Crippen molar-refractivity contribution in [1.82, 2.24) is 4.57 Å². The molecule has 0 amide bonds. The number of rotatable bonds is 4. The summed E-state index contributed by atoms with van der Waals surface area (Å²) in [5.74, 6) is 0.702. The van der Waals surface area contributed by atoms with E-state index >= 15 is 0 Å². The van der Waals surface area contributed by atoms with Crippen LogP contribution in [0, 0.1) is 0 Å². The van der Waals surface area contributed by atoms with Gasteiger partial charge in [-0.05, 0) is 50.2 Å². The van der Waals surface area contributed by atoms with Gasteiger partial charge >= 0.3 is 0 Å². The number of nitrogens with two attached hydrogens (primary N) is 1. The second kappa shape index (κ2) is 7.60. The summed E-state index contributed by atoms with van der Waals surface area (Å²) in [7, 11) is -2.97. The van der Waals surface area contributed by atoms with E-state index in [0.29, 0.717) is 24.4 Å². The Morgan fingerprint density at radius 2 is 2.00 bits per heavy atom. The molecule has 2 aromatic rings. The fraction of sp³-hybridized carbons (Fsp3) is 0.350. The molecular weight excluding hydrogens is 360 g/mol. The van der Waals surface area contributed by atoms with E-state index < -0.39 is 9.84 Å².